The van der Waals surface area contributed by atoms with Gasteiger partial charge in [-0.25, -0.2) is 14.6 Å². The molecule has 5 rings (SSSR count). The number of amides is 1. The first-order chi connectivity index (χ1) is 15.5. The van der Waals surface area contributed by atoms with Gasteiger partial charge in [0.1, 0.15) is 17.7 Å². The van der Waals surface area contributed by atoms with E-state index in [-0.39, 0.29) is 23.6 Å². The molecule has 1 aliphatic heterocycles. The minimum absolute atomic E-state index is 0.0555. The number of hydrogen-bond acceptors (Lipinski definition) is 8. The molecule has 0 saturated carbocycles. The van der Waals surface area contributed by atoms with Gasteiger partial charge in [-0.05, 0) is 44.2 Å². The topological polar surface area (TPSA) is 128 Å². The van der Waals surface area contributed by atoms with Gasteiger partial charge in [-0.3, -0.25) is 10.1 Å². The lowest BCUT2D eigenvalue weighted by Gasteiger charge is -2.32. The summed E-state index contributed by atoms with van der Waals surface area (Å²) in [5, 5.41) is 7.74. The number of rotatable bonds is 4. The molecule has 1 atom stereocenters. The Morgan fingerprint density at radius 3 is 3.09 bits per heavy atom. The highest BCUT2D eigenvalue weighted by Crippen LogP contribution is 2.29. The number of likely N-dealkylation sites (tertiary alicyclic amines) is 1. The molecule has 0 unspecified atom stereocenters. The zero-order valence-corrected chi connectivity index (χ0v) is 18.9. The zero-order valence-electron chi connectivity index (χ0n) is 17.3. The molecule has 1 amide bonds. The second kappa shape index (κ2) is 8.23. The monoisotopic (exact) mass is 496 g/mol. The van der Waals surface area contributed by atoms with E-state index in [4.69, 9.17) is 10.2 Å². The van der Waals surface area contributed by atoms with Crippen LogP contribution in [0.3, 0.4) is 0 Å². The van der Waals surface area contributed by atoms with Crippen LogP contribution in [0.15, 0.2) is 45.7 Å². The number of carbonyl (C=O) groups is 1. The van der Waals surface area contributed by atoms with Crippen LogP contribution in [0.2, 0.25) is 0 Å². The third-order valence-corrected chi connectivity index (χ3v) is 5.93. The molecule has 3 aromatic heterocycles. The molecule has 1 saturated heterocycles. The molecular weight excluding hydrogens is 476 g/mol. The maximum atomic E-state index is 13.2. The number of halogens is 1. The van der Waals surface area contributed by atoms with E-state index in [0.717, 1.165) is 30.4 Å². The highest BCUT2D eigenvalue weighted by molar-refractivity contribution is 9.10. The minimum atomic E-state index is -0.484. The molecule has 10 nitrogen and oxygen atoms in total. The van der Waals surface area contributed by atoms with Crippen LogP contribution < -0.4 is 11.1 Å². The Hall–Kier alpha value is -3.47. The Morgan fingerprint density at radius 2 is 2.25 bits per heavy atom. The average molecular weight is 497 g/mol. The molecule has 4 heterocycles. The number of allylic oxidation sites excluding steroid dienone is 1. The van der Waals surface area contributed by atoms with Crippen molar-refractivity contribution in [2.45, 2.75) is 25.8 Å². The summed E-state index contributed by atoms with van der Waals surface area (Å²) in [4.78, 5) is 28.2. The van der Waals surface area contributed by atoms with Crippen molar-refractivity contribution in [1.82, 2.24) is 29.6 Å². The maximum absolute atomic E-state index is 13.2. The summed E-state index contributed by atoms with van der Waals surface area (Å²) in [5.41, 5.74) is 8.00. The minimum Gasteiger partial charge on any atom is -0.423 e. The van der Waals surface area contributed by atoms with E-state index in [1.807, 2.05) is 25.1 Å². The van der Waals surface area contributed by atoms with Gasteiger partial charge in [0.25, 0.3) is 5.91 Å². The number of nitrogens with zero attached hydrogens (tertiary/aromatic N) is 6. The van der Waals surface area contributed by atoms with Crippen LogP contribution in [0, 0.1) is 0 Å². The summed E-state index contributed by atoms with van der Waals surface area (Å²) in [7, 11) is 0. The molecule has 32 heavy (non-hydrogen) atoms. The second-order valence-electron chi connectivity index (χ2n) is 7.61. The summed E-state index contributed by atoms with van der Waals surface area (Å²) in [6.07, 6.45) is 7.41. The largest absolute Gasteiger partial charge is 0.423 e. The van der Waals surface area contributed by atoms with Crippen molar-refractivity contribution < 1.29 is 9.21 Å². The molecule has 1 aliphatic rings. The lowest BCUT2D eigenvalue weighted by atomic mass is 10.1. The van der Waals surface area contributed by atoms with Crippen molar-refractivity contribution in [3.05, 3.63) is 47.0 Å². The number of fused-ring (bicyclic) bond motifs is 2. The van der Waals surface area contributed by atoms with Gasteiger partial charge < -0.3 is 15.1 Å². The number of anilines is 2. The number of oxazole rings is 1. The molecule has 164 valence electrons. The number of nitrogens with one attached hydrogen (secondary N) is 1. The van der Waals surface area contributed by atoms with E-state index in [2.05, 4.69) is 52.4 Å². The molecular formula is C21H21BrN8O2. The number of aromatic nitrogens is 5. The Morgan fingerprint density at radius 1 is 1.38 bits per heavy atom. The number of nitrogens with two attached hydrogens (primary N) is 1. The van der Waals surface area contributed by atoms with Gasteiger partial charge >= 0.3 is 6.01 Å². The van der Waals surface area contributed by atoms with Crippen LogP contribution in [0.5, 0.6) is 0 Å². The SMILES string of the molecule is CC=CN1CCC[C@@H](n2nc(C(=O)Nc3nc4cc(Br)ccc4o3)c3c(N)ncnc32)C1. The van der Waals surface area contributed by atoms with Crippen molar-refractivity contribution in [3.63, 3.8) is 0 Å². The summed E-state index contributed by atoms with van der Waals surface area (Å²) in [6, 6.07) is 5.56. The van der Waals surface area contributed by atoms with Crippen molar-refractivity contribution in [3.8, 4) is 0 Å². The van der Waals surface area contributed by atoms with Crippen LogP contribution in [-0.2, 0) is 0 Å². The number of benzene rings is 1. The molecule has 0 aliphatic carbocycles. The van der Waals surface area contributed by atoms with E-state index in [0.29, 0.717) is 22.1 Å². The molecule has 0 radical (unpaired) electrons. The van der Waals surface area contributed by atoms with Gasteiger partial charge in [-0.15, -0.1) is 0 Å². The zero-order chi connectivity index (χ0) is 22.2. The molecule has 0 bridgehead atoms. The molecule has 0 spiro atoms. The van der Waals surface area contributed by atoms with E-state index < -0.39 is 5.91 Å². The van der Waals surface area contributed by atoms with Gasteiger partial charge in [-0.2, -0.15) is 10.1 Å². The molecule has 1 fully saturated rings. The highest BCUT2D eigenvalue weighted by atomic mass is 79.9. The number of piperidine rings is 1. The first-order valence-electron chi connectivity index (χ1n) is 10.3. The van der Waals surface area contributed by atoms with Gasteiger partial charge in [0.05, 0.1) is 11.4 Å². The Bertz CT molecular complexity index is 1340. The van der Waals surface area contributed by atoms with Crippen molar-refractivity contribution in [2.24, 2.45) is 0 Å². The van der Waals surface area contributed by atoms with Gasteiger partial charge in [0.2, 0.25) is 0 Å². The standard InChI is InChI=1S/C21H21BrN8O2/c1-2-7-29-8-3-4-13(10-29)30-19-16(18(23)24-11-25-19)17(28-30)20(31)27-21-26-14-9-12(22)5-6-15(14)32-21/h2,5-7,9,11,13H,3-4,8,10H2,1H3,(H2,23,24,25)(H,26,27,31)/t13-/m1/s1. The van der Waals surface area contributed by atoms with Gasteiger partial charge in [-0.1, -0.05) is 22.0 Å². The quantitative estimate of drug-likeness (QED) is 0.437. The van der Waals surface area contributed by atoms with E-state index in [1.54, 1.807) is 10.7 Å². The molecule has 4 aromatic rings. The highest BCUT2D eigenvalue weighted by Gasteiger charge is 2.28. The van der Waals surface area contributed by atoms with Gasteiger partial charge in [0, 0.05) is 17.6 Å². The van der Waals surface area contributed by atoms with Crippen LogP contribution in [0.25, 0.3) is 22.1 Å². The summed E-state index contributed by atoms with van der Waals surface area (Å²) in [6.45, 7) is 3.75. The summed E-state index contributed by atoms with van der Waals surface area (Å²) < 4.78 is 8.31. The number of hydrogen-bond donors (Lipinski definition) is 2. The van der Waals surface area contributed by atoms with Crippen molar-refractivity contribution >= 4 is 55.8 Å². The Kier molecular flexibility index (Phi) is 5.25. The fourth-order valence-corrected chi connectivity index (χ4v) is 4.40. The van der Waals surface area contributed by atoms with Crippen LogP contribution in [0.1, 0.15) is 36.3 Å². The lowest BCUT2D eigenvalue weighted by Crippen LogP contribution is -2.33. The summed E-state index contributed by atoms with van der Waals surface area (Å²) in [5.74, 6) is -0.281. The smallest absolute Gasteiger partial charge is 0.302 e. The van der Waals surface area contributed by atoms with E-state index in [9.17, 15) is 4.79 Å². The second-order valence-corrected chi connectivity index (χ2v) is 8.52. The normalized spacial score (nSPS) is 16.9. The third kappa shape index (κ3) is 3.68. The Balaban J connectivity index is 1.51. The predicted octanol–water partition coefficient (Wildman–Crippen LogP) is 3.74. The molecule has 11 heteroatoms. The fraction of sp³-hybridized carbons (Fsp3) is 0.286. The van der Waals surface area contributed by atoms with Crippen LogP contribution in [0.4, 0.5) is 11.8 Å². The van der Waals surface area contributed by atoms with Crippen LogP contribution in [-0.4, -0.2) is 48.6 Å². The first kappa shape index (κ1) is 20.4. The van der Waals surface area contributed by atoms with Crippen molar-refractivity contribution in [2.75, 3.05) is 24.1 Å². The lowest BCUT2D eigenvalue weighted by molar-refractivity contribution is 0.101. The first-order valence-corrected chi connectivity index (χ1v) is 11.1. The van der Waals surface area contributed by atoms with Crippen molar-refractivity contribution in [1.29, 1.82) is 0 Å². The average Bonchev–Trinajstić information content (AvgIpc) is 3.36. The van der Waals surface area contributed by atoms with Gasteiger partial charge in [0.15, 0.2) is 16.9 Å². The van der Waals surface area contributed by atoms with E-state index >= 15 is 0 Å². The Labute approximate surface area is 191 Å². The summed E-state index contributed by atoms with van der Waals surface area (Å²) >= 11 is 3.40. The van der Waals surface area contributed by atoms with Crippen LogP contribution >= 0.6 is 15.9 Å². The number of carbonyl (C=O) groups excluding carboxylic acids is 1. The fourth-order valence-electron chi connectivity index (χ4n) is 4.05. The third-order valence-electron chi connectivity index (χ3n) is 5.44. The van der Waals surface area contributed by atoms with E-state index in [1.165, 1.54) is 6.33 Å². The number of nitrogen functional groups attached to an aromatic ring is 1. The predicted molar refractivity (Wildman–Crippen MR) is 124 cm³/mol. The molecule has 1 aromatic carbocycles. The maximum Gasteiger partial charge on any atom is 0.302 e. The molecule has 3 N–H and O–H groups in total.